The number of ether oxygens (including phenoxy) is 2. The smallest absolute Gasteiger partial charge is 0.341 e. The van der Waals surface area contributed by atoms with Gasteiger partial charge in [-0.05, 0) is 91.3 Å². The van der Waals surface area contributed by atoms with E-state index in [1.54, 1.807) is 12.5 Å². The molecule has 2 aliphatic carbocycles. The van der Waals surface area contributed by atoms with Gasteiger partial charge in [-0.2, -0.15) is 0 Å². The number of aromatic nitrogens is 3. The standard InChI is InChI=1S/C34H40N4O5/c1-32-11-10-29(40)33(2,18-39)27(32)9-12-34(19-42-34)28(32)17-24(37-30-6-4-5-13-35-30)23-16-22(43-31(23)41)14-21-7-8-26-25(15-21)36-20-38(26)3/h4-8,13-16,20,24,27-29,39-40H,9-12,17-19H2,1-3H3,(H,35,37)/t24?,27?,28?,29-,32+,33+,34?/m1/s1. The summed E-state index contributed by atoms with van der Waals surface area (Å²) in [5, 5.41) is 25.1. The highest BCUT2D eigenvalue weighted by Crippen LogP contribution is 2.66. The van der Waals surface area contributed by atoms with Gasteiger partial charge in [0, 0.05) is 18.7 Å². The summed E-state index contributed by atoms with van der Waals surface area (Å²) in [7, 11) is 1.96. The number of pyridine rings is 1. The summed E-state index contributed by atoms with van der Waals surface area (Å²) in [6.07, 6.45) is 10.6. The van der Waals surface area contributed by atoms with Crippen molar-refractivity contribution >= 4 is 28.9 Å². The van der Waals surface area contributed by atoms with Crippen molar-refractivity contribution < 1.29 is 24.5 Å². The lowest BCUT2D eigenvalue weighted by atomic mass is 9.44. The molecule has 0 radical (unpaired) electrons. The average molecular weight is 585 g/mol. The van der Waals surface area contributed by atoms with Crippen molar-refractivity contribution in [2.45, 2.75) is 63.7 Å². The number of rotatable bonds is 7. The molecule has 4 heterocycles. The molecule has 3 fully saturated rings. The number of aliphatic hydroxyl groups excluding tert-OH is 2. The van der Waals surface area contributed by atoms with Gasteiger partial charge in [-0.1, -0.05) is 26.0 Å². The molecule has 7 rings (SSSR count). The Hall–Kier alpha value is -3.53. The van der Waals surface area contributed by atoms with Gasteiger partial charge in [0.1, 0.15) is 11.6 Å². The molecule has 1 saturated heterocycles. The lowest BCUT2D eigenvalue weighted by molar-refractivity contribution is -0.177. The summed E-state index contributed by atoms with van der Waals surface area (Å²) < 4.78 is 14.0. The van der Waals surface area contributed by atoms with Gasteiger partial charge >= 0.3 is 5.97 Å². The van der Waals surface area contributed by atoms with Gasteiger partial charge in [-0.25, -0.2) is 14.8 Å². The summed E-state index contributed by atoms with van der Waals surface area (Å²) in [4.78, 5) is 22.5. The summed E-state index contributed by atoms with van der Waals surface area (Å²) >= 11 is 0. The molecule has 0 bridgehead atoms. The number of cyclic esters (lactones) is 1. The van der Waals surface area contributed by atoms with Crippen molar-refractivity contribution in [1.82, 2.24) is 14.5 Å². The Kier molecular flexibility index (Phi) is 6.76. The van der Waals surface area contributed by atoms with Crippen LogP contribution in [0.3, 0.4) is 0 Å². The quantitative estimate of drug-likeness (QED) is 0.272. The SMILES string of the molecule is Cn1cnc2cc(C=C3C=C(C(CC4C5(CCC6[C@]4(C)CC[C@@H](O)[C@@]6(C)CO)CO5)Nc4ccccn4)C(=O)O3)ccc21. The molecule has 3 N–H and O–H groups in total. The van der Waals surface area contributed by atoms with E-state index >= 15 is 0 Å². The summed E-state index contributed by atoms with van der Waals surface area (Å²) in [5.74, 6) is 1.03. The van der Waals surface area contributed by atoms with E-state index in [4.69, 9.17) is 9.47 Å². The summed E-state index contributed by atoms with van der Waals surface area (Å²) in [5.41, 5.74) is 2.34. The predicted octanol–water partition coefficient (Wildman–Crippen LogP) is 4.62. The number of anilines is 1. The number of benzene rings is 1. The van der Waals surface area contributed by atoms with Crippen molar-refractivity contribution in [2.75, 3.05) is 18.5 Å². The van der Waals surface area contributed by atoms with E-state index in [0.717, 1.165) is 35.9 Å². The highest BCUT2D eigenvalue weighted by Gasteiger charge is 2.67. The molecule has 4 unspecified atom stereocenters. The van der Waals surface area contributed by atoms with E-state index in [0.29, 0.717) is 36.6 Å². The lowest BCUT2D eigenvalue weighted by Crippen LogP contribution is -2.61. The highest BCUT2D eigenvalue weighted by atomic mass is 16.6. The lowest BCUT2D eigenvalue weighted by Gasteiger charge is -2.61. The van der Waals surface area contributed by atoms with Crippen molar-refractivity contribution in [2.24, 2.45) is 29.7 Å². The first-order valence-electron chi connectivity index (χ1n) is 15.3. The zero-order valence-electron chi connectivity index (χ0n) is 25.0. The predicted molar refractivity (Wildman–Crippen MR) is 163 cm³/mol. The molecule has 3 aromatic rings. The van der Waals surface area contributed by atoms with Gasteiger partial charge in [-0.15, -0.1) is 0 Å². The molecule has 2 aromatic heterocycles. The number of nitrogens with one attached hydrogen (secondary N) is 1. The fraction of sp³-hybridized carbons (Fsp3) is 0.500. The number of hydrogen-bond acceptors (Lipinski definition) is 8. The number of epoxide rings is 1. The van der Waals surface area contributed by atoms with Crippen LogP contribution in [0.1, 0.15) is 51.5 Å². The number of allylic oxidation sites excluding steroid dienone is 1. The van der Waals surface area contributed by atoms with Gasteiger partial charge in [0.15, 0.2) is 0 Å². The third-order valence-corrected chi connectivity index (χ3v) is 11.1. The van der Waals surface area contributed by atoms with Crippen LogP contribution in [0.5, 0.6) is 0 Å². The zero-order chi connectivity index (χ0) is 30.0. The topological polar surface area (TPSA) is 122 Å². The molecule has 43 heavy (non-hydrogen) atoms. The zero-order valence-corrected chi connectivity index (χ0v) is 25.0. The van der Waals surface area contributed by atoms with E-state index in [1.807, 2.05) is 67.1 Å². The molecule has 1 aromatic carbocycles. The minimum Gasteiger partial charge on any atom is -0.423 e. The largest absolute Gasteiger partial charge is 0.423 e. The van der Waals surface area contributed by atoms with E-state index in [9.17, 15) is 15.0 Å². The van der Waals surface area contributed by atoms with Crippen LogP contribution in [0.2, 0.25) is 0 Å². The first-order chi connectivity index (χ1) is 20.6. The average Bonchev–Trinajstić information content (AvgIpc) is 3.54. The maximum Gasteiger partial charge on any atom is 0.341 e. The van der Waals surface area contributed by atoms with Crippen molar-refractivity contribution in [3.63, 3.8) is 0 Å². The van der Waals surface area contributed by atoms with Crippen LogP contribution in [0.4, 0.5) is 5.82 Å². The van der Waals surface area contributed by atoms with Crippen LogP contribution < -0.4 is 5.32 Å². The Morgan fingerprint density at radius 1 is 1.19 bits per heavy atom. The number of aryl methyl sites for hydroxylation is 1. The van der Waals surface area contributed by atoms with Crippen LogP contribution in [0, 0.1) is 22.7 Å². The fourth-order valence-corrected chi connectivity index (χ4v) is 8.57. The third kappa shape index (κ3) is 4.69. The highest BCUT2D eigenvalue weighted by molar-refractivity contribution is 5.95. The van der Waals surface area contributed by atoms with Crippen LogP contribution in [-0.2, 0) is 21.3 Å². The van der Waals surface area contributed by atoms with Crippen molar-refractivity contribution in [3.8, 4) is 0 Å². The van der Waals surface area contributed by atoms with Gasteiger partial charge in [0.25, 0.3) is 0 Å². The number of imidazole rings is 1. The molecule has 9 nitrogen and oxygen atoms in total. The van der Waals surface area contributed by atoms with Gasteiger partial charge < -0.3 is 29.6 Å². The van der Waals surface area contributed by atoms with Gasteiger partial charge in [0.2, 0.25) is 0 Å². The van der Waals surface area contributed by atoms with Crippen LogP contribution in [0.25, 0.3) is 17.1 Å². The molecule has 0 amide bonds. The second kappa shape index (κ2) is 10.3. The molecule has 1 spiro atoms. The Bertz CT molecular complexity index is 1610. The van der Waals surface area contributed by atoms with E-state index < -0.39 is 11.5 Å². The molecule has 9 heteroatoms. The minimum absolute atomic E-state index is 0.0550. The second-order valence-electron chi connectivity index (χ2n) is 13.5. The number of esters is 1. The normalized spacial score (nSPS) is 35.1. The first-order valence-corrected chi connectivity index (χ1v) is 15.3. The molecule has 4 aliphatic rings. The molecule has 7 atom stereocenters. The van der Waals surface area contributed by atoms with Gasteiger partial charge in [-0.3, -0.25) is 0 Å². The van der Waals surface area contributed by atoms with E-state index in [2.05, 4.69) is 22.2 Å². The van der Waals surface area contributed by atoms with E-state index in [1.165, 1.54) is 0 Å². The Morgan fingerprint density at radius 2 is 2.02 bits per heavy atom. The maximum absolute atomic E-state index is 13.5. The van der Waals surface area contributed by atoms with E-state index in [-0.39, 0.29) is 41.5 Å². The number of carbonyl (C=O) groups excluding carboxylic acids is 1. The second-order valence-corrected chi connectivity index (χ2v) is 13.5. The Balaban J connectivity index is 1.24. The molecule has 226 valence electrons. The molecular weight excluding hydrogens is 544 g/mol. The number of fused-ring (bicyclic) bond motifs is 2. The number of aliphatic hydroxyl groups is 2. The van der Waals surface area contributed by atoms with Crippen molar-refractivity contribution in [3.05, 3.63) is 71.9 Å². The first kappa shape index (κ1) is 28.3. The number of hydrogen-bond donors (Lipinski definition) is 3. The Morgan fingerprint density at radius 3 is 2.77 bits per heavy atom. The maximum atomic E-state index is 13.5. The summed E-state index contributed by atoms with van der Waals surface area (Å²) in [6, 6.07) is 11.3. The Labute approximate surface area is 251 Å². The van der Waals surface area contributed by atoms with Crippen LogP contribution in [0.15, 0.2) is 66.3 Å². The monoisotopic (exact) mass is 584 g/mol. The molecular formula is C34H40N4O5. The number of carbonyl (C=O) groups is 1. The van der Waals surface area contributed by atoms with Gasteiger partial charge in [0.05, 0.1) is 53.9 Å². The fourth-order valence-electron chi connectivity index (χ4n) is 8.57. The van der Waals surface area contributed by atoms with Crippen LogP contribution in [-0.4, -0.2) is 61.7 Å². The molecule has 2 saturated carbocycles. The summed E-state index contributed by atoms with van der Waals surface area (Å²) in [6.45, 7) is 4.98. The number of nitrogens with zero attached hydrogens (tertiary/aromatic N) is 3. The van der Waals surface area contributed by atoms with Crippen LogP contribution >= 0.6 is 0 Å². The minimum atomic E-state index is -0.582. The molecule has 2 aliphatic heterocycles. The van der Waals surface area contributed by atoms with Crippen molar-refractivity contribution in [1.29, 1.82) is 0 Å². The third-order valence-electron chi connectivity index (χ3n) is 11.1.